The van der Waals surface area contributed by atoms with Crippen LogP contribution in [0.25, 0.3) is 21.9 Å². The van der Waals surface area contributed by atoms with Crippen LogP contribution in [0, 0.1) is 0 Å². The minimum Gasteiger partial charge on any atom is -0.399 e. The minimum absolute atomic E-state index is 0.778. The molecule has 4 nitrogen and oxygen atoms in total. The van der Waals surface area contributed by atoms with Crippen molar-refractivity contribution in [2.45, 2.75) is 6.42 Å². The van der Waals surface area contributed by atoms with Gasteiger partial charge < -0.3 is 22.9 Å². The Morgan fingerprint density at radius 3 is 1.41 bits per heavy atom. The predicted molar refractivity (Wildman–Crippen MR) is 116 cm³/mol. The largest absolute Gasteiger partial charge is 0.399 e. The van der Waals surface area contributed by atoms with Gasteiger partial charge in [-0.3, -0.25) is 0 Å². The first kappa shape index (κ1) is 16.8. The van der Waals surface area contributed by atoms with E-state index >= 15 is 0 Å². The van der Waals surface area contributed by atoms with Crippen molar-refractivity contribution < 1.29 is 0 Å². The van der Waals surface area contributed by atoms with E-state index < -0.39 is 0 Å². The van der Waals surface area contributed by atoms with Crippen LogP contribution in [0.2, 0.25) is 0 Å². The van der Waals surface area contributed by atoms with E-state index in [2.05, 4.69) is 12.1 Å². The molecule has 0 saturated carbocycles. The highest BCUT2D eigenvalue weighted by Gasteiger charge is 2.17. The molecule has 0 radical (unpaired) electrons. The number of fused-ring (bicyclic) bond motifs is 4. The lowest BCUT2D eigenvalue weighted by atomic mass is 10.1. The first-order chi connectivity index (χ1) is 13.0. The Morgan fingerprint density at radius 1 is 0.519 bits per heavy atom. The molecule has 0 aromatic heterocycles. The van der Waals surface area contributed by atoms with Crippen molar-refractivity contribution in [1.29, 1.82) is 0 Å². The molecule has 0 fully saturated rings. The van der Waals surface area contributed by atoms with Crippen LogP contribution in [0.1, 0.15) is 11.1 Å². The van der Waals surface area contributed by atoms with Gasteiger partial charge in [0.15, 0.2) is 0 Å². The molecule has 0 saturated heterocycles. The average Bonchev–Trinajstić information content (AvgIpc) is 2.99. The molecule has 4 aromatic rings. The third kappa shape index (κ3) is 3.13. The van der Waals surface area contributed by atoms with Crippen LogP contribution < -0.4 is 22.9 Å². The predicted octanol–water partition coefficient (Wildman–Crippen LogP) is 4.43. The molecule has 5 rings (SSSR count). The minimum atomic E-state index is 0.778. The molecule has 134 valence electrons. The second-order valence-electron chi connectivity index (χ2n) is 6.80. The summed E-state index contributed by atoms with van der Waals surface area (Å²) in [7, 11) is 0. The third-order valence-corrected chi connectivity index (χ3v) is 4.92. The van der Waals surface area contributed by atoms with Gasteiger partial charge >= 0.3 is 0 Å². The zero-order valence-corrected chi connectivity index (χ0v) is 14.9. The summed E-state index contributed by atoms with van der Waals surface area (Å²) in [5.41, 5.74) is 31.5. The van der Waals surface area contributed by atoms with Gasteiger partial charge in [-0.25, -0.2) is 0 Å². The highest BCUT2D eigenvalue weighted by Crippen LogP contribution is 2.38. The van der Waals surface area contributed by atoms with Gasteiger partial charge in [-0.1, -0.05) is 36.4 Å². The summed E-state index contributed by atoms with van der Waals surface area (Å²) in [6.45, 7) is 0. The van der Waals surface area contributed by atoms with E-state index in [0.29, 0.717) is 0 Å². The van der Waals surface area contributed by atoms with Crippen LogP contribution in [0.15, 0.2) is 72.8 Å². The number of rotatable bonds is 0. The Hall–Kier alpha value is -3.66. The van der Waals surface area contributed by atoms with Crippen LogP contribution >= 0.6 is 0 Å². The maximum absolute atomic E-state index is 5.77. The van der Waals surface area contributed by atoms with E-state index in [1.54, 1.807) is 0 Å². The summed E-state index contributed by atoms with van der Waals surface area (Å²) < 4.78 is 0. The summed E-state index contributed by atoms with van der Waals surface area (Å²) in [6.07, 6.45) is 0.945. The zero-order valence-electron chi connectivity index (χ0n) is 14.9. The molecular formula is C23H22N4. The number of nitrogen functional groups attached to an aromatic ring is 4. The molecule has 8 N–H and O–H groups in total. The van der Waals surface area contributed by atoms with Crippen molar-refractivity contribution in [3.63, 3.8) is 0 Å². The molecule has 1 aliphatic carbocycles. The molecule has 0 bridgehead atoms. The van der Waals surface area contributed by atoms with E-state index in [4.69, 9.17) is 22.9 Å². The van der Waals surface area contributed by atoms with Crippen molar-refractivity contribution in [3.05, 3.63) is 83.9 Å². The van der Waals surface area contributed by atoms with E-state index in [1.165, 1.54) is 22.3 Å². The van der Waals surface area contributed by atoms with Gasteiger partial charge in [-0.05, 0) is 65.1 Å². The Bertz CT molecular complexity index is 1060. The Morgan fingerprint density at radius 2 is 0.963 bits per heavy atom. The number of hydrogen-bond acceptors (Lipinski definition) is 4. The van der Waals surface area contributed by atoms with Gasteiger partial charge in [-0.15, -0.1) is 0 Å². The second-order valence-corrected chi connectivity index (χ2v) is 6.80. The van der Waals surface area contributed by atoms with Gasteiger partial charge in [-0.2, -0.15) is 0 Å². The fraction of sp³-hybridized carbons (Fsp3) is 0.0435. The molecule has 0 spiro atoms. The summed E-state index contributed by atoms with van der Waals surface area (Å²) in [5, 5.41) is 2.05. The fourth-order valence-electron chi connectivity index (χ4n) is 3.61. The molecule has 4 heteroatoms. The van der Waals surface area contributed by atoms with Crippen LogP contribution in [0.4, 0.5) is 22.7 Å². The van der Waals surface area contributed by atoms with E-state index in [9.17, 15) is 0 Å². The normalized spacial score (nSPS) is 11.4. The maximum Gasteiger partial charge on any atom is 0.0394 e. The van der Waals surface area contributed by atoms with Crippen molar-refractivity contribution >= 4 is 33.5 Å². The van der Waals surface area contributed by atoms with Gasteiger partial charge in [0, 0.05) is 33.5 Å². The maximum atomic E-state index is 5.77. The van der Waals surface area contributed by atoms with Gasteiger partial charge in [0.1, 0.15) is 0 Å². The van der Waals surface area contributed by atoms with Crippen LogP contribution in [0.5, 0.6) is 0 Å². The summed E-state index contributed by atoms with van der Waals surface area (Å²) in [5.74, 6) is 0. The molecule has 0 unspecified atom stereocenters. The van der Waals surface area contributed by atoms with Crippen molar-refractivity contribution in [2.75, 3.05) is 22.9 Å². The van der Waals surface area contributed by atoms with Crippen LogP contribution in [-0.4, -0.2) is 0 Å². The Kier molecular flexibility index (Phi) is 4.09. The highest BCUT2D eigenvalue weighted by atomic mass is 14.6. The molecule has 0 aliphatic heterocycles. The summed E-state index contributed by atoms with van der Waals surface area (Å²) in [4.78, 5) is 0. The Balaban J connectivity index is 0.000000137. The van der Waals surface area contributed by atoms with Crippen molar-refractivity contribution in [1.82, 2.24) is 0 Å². The van der Waals surface area contributed by atoms with E-state index in [0.717, 1.165) is 39.9 Å². The molecular weight excluding hydrogens is 332 g/mol. The topological polar surface area (TPSA) is 104 Å². The number of hydrogen-bond donors (Lipinski definition) is 4. The first-order valence-corrected chi connectivity index (χ1v) is 8.83. The standard InChI is InChI=1S/C13H12N2.C10H10N2/c14-10-1-3-12-8(6-10)5-9-7-11(15)2-4-13(9)12;11-9-5-1-3-7-8(9)4-2-6-10(7)12/h1-4,6-7H,5,14-15H2;1-6H,11-12H2. The van der Waals surface area contributed by atoms with Gasteiger partial charge in [0.25, 0.3) is 0 Å². The quantitative estimate of drug-likeness (QED) is 0.309. The molecule has 0 heterocycles. The van der Waals surface area contributed by atoms with Crippen LogP contribution in [0.3, 0.4) is 0 Å². The zero-order chi connectivity index (χ0) is 19.0. The fourth-order valence-corrected chi connectivity index (χ4v) is 3.61. The number of nitrogens with two attached hydrogens (primary N) is 4. The lowest BCUT2D eigenvalue weighted by molar-refractivity contribution is 1.27. The van der Waals surface area contributed by atoms with E-state index in [1.807, 2.05) is 60.7 Å². The van der Waals surface area contributed by atoms with Gasteiger partial charge in [0.05, 0.1) is 0 Å². The highest BCUT2D eigenvalue weighted by molar-refractivity contribution is 5.99. The number of anilines is 4. The third-order valence-electron chi connectivity index (χ3n) is 4.92. The molecule has 0 amide bonds. The molecule has 27 heavy (non-hydrogen) atoms. The summed E-state index contributed by atoms with van der Waals surface area (Å²) in [6, 6.07) is 23.7. The smallest absolute Gasteiger partial charge is 0.0394 e. The monoisotopic (exact) mass is 354 g/mol. The lowest BCUT2D eigenvalue weighted by Crippen LogP contribution is -1.90. The second kappa shape index (κ2) is 6.57. The number of benzene rings is 4. The van der Waals surface area contributed by atoms with Crippen molar-refractivity contribution in [3.8, 4) is 11.1 Å². The molecule has 4 aromatic carbocycles. The Labute approximate surface area is 158 Å². The first-order valence-electron chi connectivity index (χ1n) is 8.83. The van der Waals surface area contributed by atoms with Gasteiger partial charge in [0.2, 0.25) is 0 Å². The van der Waals surface area contributed by atoms with Crippen molar-refractivity contribution in [2.24, 2.45) is 0 Å². The SMILES string of the molecule is Nc1ccc2c(c1)Cc1cc(N)ccc1-2.Nc1cccc2c(N)cccc12. The van der Waals surface area contributed by atoms with Crippen LogP contribution in [-0.2, 0) is 6.42 Å². The molecule has 0 atom stereocenters. The van der Waals surface area contributed by atoms with E-state index in [-0.39, 0.29) is 0 Å². The molecule has 1 aliphatic rings. The lowest BCUT2D eigenvalue weighted by Gasteiger charge is -2.03. The summed E-state index contributed by atoms with van der Waals surface area (Å²) >= 11 is 0. The average molecular weight is 354 g/mol.